The van der Waals surface area contributed by atoms with Gasteiger partial charge in [-0.15, -0.1) is 0 Å². The van der Waals surface area contributed by atoms with Crippen LogP contribution in [-0.4, -0.2) is 47.5 Å². The van der Waals surface area contributed by atoms with Crippen LogP contribution >= 0.6 is 11.6 Å². The summed E-state index contributed by atoms with van der Waals surface area (Å²) < 4.78 is 4.79. The number of methoxy groups -OCH3 is 1. The number of aliphatic hydroxyl groups is 1. The zero-order valence-electron chi connectivity index (χ0n) is 9.89. The minimum Gasteiger partial charge on any atom is -0.478 e. The molecule has 1 aromatic heterocycles. The summed E-state index contributed by atoms with van der Waals surface area (Å²) in [5.74, 6) is -0.683. The van der Waals surface area contributed by atoms with Gasteiger partial charge in [-0.1, -0.05) is 11.6 Å². The Morgan fingerprint density at radius 1 is 1.67 bits per heavy atom. The zero-order chi connectivity index (χ0) is 13.5. The molecule has 0 fully saturated rings. The van der Waals surface area contributed by atoms with Gasteiger partial charge in [-0.2, -0.15) is 0 Å². The molecule has 1 atom stereocenters. The number of pyridine rings is 1. The lowest BCUT2D eigenvalue weighted by Gasteiger charge is -2.11. The lowest BCUT2D eigenvalue weighted by molar-refractivity contribution is 0.0615. The van der Waals surface area contributed by atoms with Crippen molar-refractivity contribution < 1.29 is 19.7 Å². The molecule has 0 aromatic carbocycles. The van der Waals surface area contributed by atoms with E-state index < -0.39 is 12.1 Å². The second-order valence-corrected chi connectivity index (χ2v) is 4.09. The summed E-state index contributed by atoms with van der Waals surface area (Å²) in [5.41, 5.74) is 0.0324. The fourth-order valence-corrected chi connectivity index (χ4v) is 1.55. The predicted molar refractivity (Wildman–Crippen MR) is 67.2 cm³/mol. The summed E-state index contributed by atoms with van der Waals surface area (Å²) in [5, 5.41) is 21.3. The van der Waals surface area contributed by atoms with Gasteiger partial charge in [-0.25, -0.2) is 9.78 Å². The summed E-state index contributed by atoms with van der Waals surface area (Å²) in [7, 11) is 1.51. The first kappa shape index (κ1) is 14.7. The maximum absolute atomic E-state index is 10.7. The highest BCUT2D eigenvalue weighted by Crippen LogP contribution is 2.20. The van der Waals surface area contributed by atoms with Crippen molar-refractivity contribution in [3.8, 4) is 0 Å². The molecule has 0 aliphatic rings. The van der Waals surface area contributed by atoms with Crippen LogP contribution in [0.4, 0.5) is 5.82 Å². The summed E-state index contributed by atoms with van der Waals surface area (Å²) in [6.45, 7) is 0.727. The summed E-state index contributed by atoms with van der Waals surface area (Å²) in [6.07, 6.45) is 1.15. The van der Waals surface area contributed by atoms with Crippen LogP contribution in [-0.2, 0) is 4.74 Å². The highest BCUT2D eigenvalue weighted by atomic mass is 35.5. The molecule has 100 valence electrons. The Morgan fingerprint density at radius 2 is 2.39 bits per heavy atom. The minimum absolute atomic E-state index is 0.0324. The third-order valence-corrected chi connectivity index (χ3v) is 2.51. The van der Waals surface area contributed by atoms with E-state index in [0.717, 1.165) is 0 Å². The number of ether oxygens (including phenoxy) is 1. The fraction of sp³-hybridized carbons (Fsp3) is 0.455. The first-order valence-electron chi connectivity index (χ1n) is 5.34. The number of halogens is 1. The molecule has 0 aliphatic carbocycles. The first-order valence-corrected chi connectivity index (χ1v) is 5.72. The van der Waals surface area contributed by atoms with Crippen LogP contribution in [0.1, 0.15) is 16.8 Å². The number of rotatable bonds is 7. The van der Waals surface area contributed by atoms with Crippen LogP contribution in [0.15, 0.2) is 12.3 Å². The van der Waals surface area contributed by atoms with E-state index in [4.69, 9.17) is 21.4 Å². The van der Waals surface area contributed by atoms with Crippen molar-refractivity contribution in [3.05, 3.63) is 22.8 Å². The molecule has 1 heterocycles. The fourth-order valence-electron chi connectivity index (χ4n) is 1.32. The third-order valence-electron chi connectivity index (χ3n) is 2.22. The standard InChI is InChI=1S/C11H15ClN2O4/c1-18-6-8(15)2-3-13-10-9(12)4-7(5-14-10)11(16)17/h4-5,8,15H,2-3,6H2,1H3,(H,13,14)(H,16,17). The maximum Gasteiger partial charge on any atom is 0.337 e. The smallest absolute Gasteiger partial charge is 0.337 e. The van der Waals surface area contributed by atoms with E-state index in [1.54, 1.807) is 0 Å². The molecule has 18 heavy (non-hydrogen) atoms. The van der Waals surface area contributed by atoms with E-state index in [0.29, 0.717) is 18.8 Å². The molecule has 6 nitrogen and oxygen atoms in total. The van der Waals surface area contributed by atoms with Gasteiger partial charge >= 0.3 is 5.97 Å². The third kappa shape index (κ3) is 4.48. The minimum atomic E-state index is -1.08. The van der Waals surface area contributed by atoms with Crippen LogP contribution < -0.4 is 5.32 Å². The molecule has 0 saturated heterocycles. The van der Waals surface area contributed by atoms with E-state index in [1.165, 1.54) is 19.4 Å². The van der Waals surface area contributed by atoms with E-state index in [-0.39, 0.29) is 17.2 Å². The number of carboxylic acid groups (broad SMARTS) is 1. The second-order valence-electron chi connectivity index (χ2n) is 3.68. The molecule has 0 spiro atoms. The van der Waals surface area contributed by atoms with Crippen molar-refractivity contribution >= 4 is 23.4 Å². The highest BCUT2D eigenvalue weighted by molar-refractivity contribution is 6.33. The molecule has 3 N–H and O–H groups in total. The van der Waals surface area contributed by atoms with Gasteiger partial charge < -0.3 is 20.3 Å². The molecule has 1 unspecified atom stereocenters. The van der Waals surface area contributed by atoms with Crippen LogP contribution in [0.3, 0.4) is 0 Å². The van der Waals surface area contributed by atoms with Crippen LogP contribution in [0.5, 0.6) is 0 Å². The topological polar surface area (TPSA) is 91.7 Å². The summed E-state index contributed by atoms with van der Waals surface area (Å²) in [6, 6.07) is 1.32. The lowest BCUT2D eigenvalue weighted by Crippen LogP contribution is -2.18. The number of nitrogens with zero attached hydrogens (tertiary/aromatic N) is 1. The van der Waals surface area contributed by atoms with Crippen molar-refractivity contribution in [2.75, 3.05) is 25.6 Å². The predicted octanol–water partition coefficient (Wildman–Crippen LogP) is 1.24. The molecule has 0 amide bonds. The number of aromatic carboxylic acids is 1. The van der Waals surface area contributed by atoms with E-state index in [1.807, 2.05) is 0 Å². The Kier molecular flexibility index (Phi) is 5.84. The normalized spacial score (nSPS) is 12.2. The Bertz CT molecular complexity index is 414. The van der Waals surface area contributed by atoms with Crippen LogP contribution in [0.2, 0.25) is 5.02 Å². The SMILES string of the molecule is COCC(O)CCNc1ncc(C(=O)O)cc1Cl. The Morgan fingerprint density at radius 3 is 2.94 bits per heavy atom. The van der Waals surface area contributed by atoms with Gasteiger partial charge in [0.2, 0.25) is 0 Å². The van der Waals surface area contributed by atoms with Crippen LogP contribution in [0, 0.1) is 0 Å². The Balaban J connectivity index is 2.50. The van der Waals surface area contributed by atoms with Crippen molar-refractivity contribution in [3.63, 3.8) is 0 Å². The number of aromatic nitrogens is 1. The molecular weight excluding hydrogens is 260 g/mol. The average Bonchev–Trinajstić information content (AvgIpc) is 2.31. The molecule has 0 radical (unpaired) electrons. The molecule has 0 bridgehead atoms. The second kappa shape index (κ2) is 7.15. The molecule has 1 rings (SSSR count). The van der Waals surface area contributed by atoms with Gasteiger partial charge in [0.15, 0.2) is 0 Å². The van der Waals surface area contributed by atoms with Crippen molar-refractivity contribution in [1.82, 2.24) is 4.98 Å². The molecule has 7 heteroatoms. The monoisotopic (exact) mass is 274 g/mol. The Labute approximate surface area is 110 Å². The van der Waals surface area contributed by atoms with Gasteiger partial charge in [0.1, 0.15) is 5.82 Å². The molecule has 1 aromatic rings. The number of nitrogens with one attached hydrogen (secondary N) is 1. The largest absolute Gasteiger partial charge is 0.478 e. The highest BCUT2D eigenvalue weighted by Gasteiger charge is 2.09. The van der Waals surface area contributed by atoms with Crippen molar-refractivity contribution in [2.24, 2.45) is 0 Å². The van der Waals surface area contributed by atoms with Gasteiger partial charge in [-0.05, 0) is 12.5 Å². The molecule has 0 aliphatic heterocycles. The van der Waals surface area contributed by atoms with Gasteiger partial charge in [0.05, 0.1) is 23.3 Å². The number of anilines is 1. The quantitative estimate of drug-likeness (QED) is 0.693. The van der Waals surface area contributed by atoms with E-state index in [9.17, 15) is 9.90 Å². The average molecular weight is 275 g/mol. The number of aliphatic hydroxyl groups excluding tert-OH is 1. The maximum atomic E-state index is 10.7. The number of carboxylic acids is 1. The zero-order valence-corrected chi connectivity index (χ0v) is 10.6. The number of carbonyl (C=O) groups is 1. The number of hydrogen-bond acceptors (Lipinski definition) is 5. The molecule has 0 saturated carbocycles. The number of hydrogen-bond donors (Lipinski definition) is 3. The van der Waals surface area contributed by atoms with Gasteiger partial charge in [0.25, 0.3) is 0 Å². The van der Waals surface area contributed by atoms with E-state index in [2.05, 4.69) is 10.3 Å². The summed E-state index contributed by atoms with van der Waals surface area (Å²) in [4.78, 5) is 14.6. The van der Waals surface area contributed by atoms with Crippen molar-refractivity contribution in [1.29, 1.82) is 0 Å². The molecular formula is C11H15ClN2O4. The first-order chi connectivity index (χ1) is 8.54. The van der Waals surface area contributed by atoms with Crippen LogP contribution in [0.25, 0.3) is 0 Å². The summed E-state index contributed by atoms with van der Waals surface area (Å²) >= 11 is 5.87. The van der Waals surface area contributed by atoms with Crippen molar-refractivity contribution in [2.45, 2.75) is 12.5 Å². The van der Waals surface area contributed by atoms with Gasteiger partial charge in [0, 0.05) is 19.9 Å². The van der Waals surface area contributed by atoms with E-state index >= 15 is 0 Å². The Hall–Kier alpha value is -1.37. The lowest BCUT2D eigenvalue weighted by atomic mass is 10.2. The van der Waals surface area contributed by atoms with Gasteiger partial charge in [-0.3, -0.25) is 0 Å².